The first-order chi connectivity index (χ1) is 11.1. The average molecular weight is 309 g/mol. The van der Waals surface area contributed by atoms with E-state index in [2.05, 4.69) is 16.0 Å². The van der Waals surface area contributed by atoms with Crippen molar-refractivity contribution < 1.29 is 4.74 Å². The Morgan fingerprint density at radius 2 is 2.13 bits per heavy atom. The van der Waals surface area contributed by atoms with Crippen LogP contribution >= 0.6 is 0 Å². The SMILES string of the molecule is Cc1cn(CCOc2ccc(C#N)cc2)c2c(=O)[nH]c(N)nc12. The van der Waals surface area contributed by atoms with Crippen LogP contribution in [0.15, 0.2) is 35.3 Å². The van der Waals surface area contributed by atoms with Gasteiger partial charge in [-0.25, -0.2) is 4.98 Å². The number of H-pyrrole nitrogens is 1. The van der Waals surface area contributed by atoms with Crippen molar-refractivity contribution in [3.05, 3.63) is 51.9 Å². The molecule has 0 radical (unpaired) electrons. The fourth-order valence-electron chi connectivity index (χ4n) is 2.45. The van der Waals surface area contributed by atoms with Crippen molar-refractivity contribution >= 4 is 17.0 Å². The summed E-state index contributed by atoms with van der Waals surface area (Å²) in [7, 11) is 0. The van der Waals surface area contributed by atoms with Gasteiger partial charge in [0.25, 0.3) is 5.56 Å². The van der Waals surface area contributed by atoms with E-state index in [9.17, 15) is 4.79 Å². The Bertz CT molecular complexity index is 947. The van der Waals surface area contributed by atoms with Crippen molar-refractivity contribution in [2.45, 2.75) is 13.5 Å². The van der Waals surface area contributed by atoms with Crippen molar-refractivity contribution in [3.63, 3.8) is 0 Å². The lowest BCUT2D eigenvalue weighted by molar-refractivity contribution is 0.300. The predicted octanol–water partition coefficient (Wildman–Crippen LogP) is 1.57. The second-order valence-corrected chi connectivity index (χ2v) is 5.14. The molecule has 3 aromatic rings. The second kappa shape index (κ2) is 5.85. The molecule has 0 aliphatic rings. The van der Waals surface area contributed by atoms with Crippen LogP contribution in [-0.4, -0.2) is 21.1 Å². The van der Waals surface area contributed by atoms with Gasteiger partial charge in [-0.3, -0.25) is 9.78 Å². The van der Waals surface area contributed by atoms with E-state index < -0.39 is 0 Å². The van der Waals surface area contributed by atoms with Crippen LogP contribution in [0.5, 0.6) is 5.75 Å². The molecule has 0 saturated heterocycles. The molecule has 7 nitrogen and oxygen atoms in total. The molecule has 23 heavy (non-hydrogen) atoms. The Balaban J connectivity index is 1.77. The fraction of sp³-hybridized carbons (Fsp3) is 0.188. The van der Waals surface area contributed by atoms with Gasteiger partial charge in [0, 0.05) is 6.20 Å². The van der Waals surface area contributed by atoms with Gasteiger partial charge in [0.2, 0.25) is 5.95 Å². The van der Waals surface area contributed by atoms with Crippen LogP contribution in [0.1, 0.15) is 11.1 Å². The molecule has 0 unspecified atom stereocenters. The summed E-state index contributed by atoms with van der Waals surface area (Å²) >= 11 is 0. The smallest absolute Gasteiger partial charge is 0.276 e. The summed E-state index contributed by atoms with van der Waals surface area (Å²) in [4.78, 5) is 18.7. The fourth-order valence-corrected chi connectivity index (χ4v) is 2.45. The highest BCUT2D eigenvalue weighted by atomic mass is 16.5. The number of aryl methyl sites for hydroxylation is 1. The summed E-state index contributed by atoms with van der Waals surface area (Å²) in [6.45, 7) is 2.77. The number of hydrogen-bond acceptors (Lipinski definition) is 5. The first-order valence-electron chi connectivity index (χ1n) is 7.06. The number of aromatic amines is 1. The van der Waals surface area contributed by atoms with E-state index in [0.717, 1.165) is 5.56 Å². The number of nitrogens with zero attached hydrogens (tertiary/aromatic N) is 3. The summed E-state index contributed by atoms with van der Waals surface area (Å²) in [6, 6.07) is 8.93. The van der Waals surface area contributed by atoms with Crippen LogP contribution in [0.3, 0.4) is 0 Å². The van der Waals surface area contributed by atoms with Gasteiger partial charge >= 0.3 is 0 Å². The van der Waals surface area contributed by atoms with Crippen molar-refractivity contribution in [1.82, 2.24) is 14.5 Å². The number of rotatable bonds is 4. The molecule has 7 heteroatoms. The van der Waals surface area contributed by atoms with Crippen molar-refractivity contribution in [2.24, 2.45) is 0 Å². The van der Waals surface area contributed by atoms with E-state index in [1.165, 1.54) is 0 Å². The minimum absolute atomic E-state index is 0.109. The molecule has 0 aliphatic heterocycles. The van der Waals surface area contributed by atoms with Crippen molar-refractivity contribution in [1.29, 1.82) is 5.26 Å². The number of nitrogens with two attached hydrogens (primary N) is 1. The third kappa shape index (κ3) is 2.87. The molecule has 1 aromatic carbocycles. The van der Waals surface area contributed by atoms with Gasteiger partial charge in [-0.1, -0.05) is 0 Å². The molecule has 3 rings (SSSR count). The van der Waals surface area contributed by atoms with E-state index >= 15 is 0 Å². The third-order valence-corrected chi connectivity index (χ3v) is 3.51. The molecular weight excluding hydrogens is 294 g/mol. The van der Waals surface area contributed by atoms with Gasteiger partial charge in [-0.15, -0.1) is 0 Å². The standard InChI is InChI=1S/C16H15N5O2/c1-10-9-21(14-13(10)19-16(18)20-15(14)22)6-7-23-12-4-2-11(8-17)3-5-12/h2-5,9H,6-7H2,1H3,(H3,18,19,20,22). The van der Waals surface area contributed by atoms with E-state index in [-0.39, 0.29) is 11.5 Å². The number of nitriles is 1. The first kappa shape index (κ1) is 14.7. The molecule has 0 saturated carbocycles. The van der Waals surface area contributed by atoms with Gasteiger partial charge in [0.05, 0.1) is 18.2 Å². The Hall–Kier alpha value is -3.27. The van der Waals surface area contributed by atoms with Crippen molar-refractivity contribution in [2.75, 3.05) is 12.3 Å². The zero-order valence-corrected chi connectivity index (χ0v) is 12.5. The van der Waals surface area contributed by atoms with Crippen LogP contribution in [0, 0.1) is 18.3 Å². The monoisotopic (exact) mass is 309 g/mol. The quantitative estimate of drug-likeness (QED) is 0.760. The molecule has 0 bridgehead atoms. The lowest BCUT2D eigenvalue weighted by atomic mass is 10.2. The molecule has 0 fully saturated rings. The molecule has 116 valence electrons. The summed E-state index contributed by atoms with van der Waals surface area (Å²) < 4.78 is 7.45. The van der Waals surface area contributed by atoms with Gasteiger partial charge in [0.15, 0.2) is 0 Å². The maximum Gasteiger partial charge on any atom is 0.276 e. The molecule has 2 aromatic heterocycles. The lowest BCUT2D eigenvalue weighted by Gasteiger charge is -2.08. The highest BCUT2D eigenvalue weighted by Crippen LogP contribution is 2.16. The molecule has 0 spiro atoms. The molecule has 0 atom stereocenters. The normalized spacial score (nSPS) is 10.6. The Morgan fingerprint density at radius 3 is 2.83 bits per heavy atom. The number of ether oxygens (including phenoxy) is 1. The van der Waals surface area contributed by atoms with Crippen molar-refractivity contribution in [3.8, 4) is 11.8 Å². The summed E-state index contributed by atoms with van der Waals surface area (Å²) in [5.41, 5.74) is 7.87. The van der Waals surface area contributed by atoms with E-state index in [1.54, 1.807) is 28.8 Å². The predicted molar refractivity (Wildman–Crippen MR) is 86.2 cm³/mol. The molecule has 3 N–H and O–H groups in total. The Morgan fingerprint density at radius 1 is 1.39 bits per heavy atom. The largest absolute Gasteiger partial charge is 0.492 e. The van der Waals surface area contributed by atoms with E-state index in [4.69, 9.17) is 15.7 Å². The third-order valence-electron chi connectivity index (χ3n) is 3.51. The van der Waals surface area contributed by atoms with Gasteiger partial charge < -0.3 is 15.0 Å². The minimum atomic E-state index is -0.265. The average Bonchev–Trinajstić information content (AvgIpc) is 2.84. The molecule has 2 heterocycles. The van der Waals surface area contributed by atoms with E-state index in [1.807, 2.05) is 13.1 Å². The maximum absolute atomic E-state index is 12.1. The van der Waals surface area contributed by atoms with Gasteiger partial charge in [-0.2, -0.15) is 5.26 Å². The summed E-state index contributed by atoms with van der Waals surface area (Å²) in [6.07, 6.45) is 1.86. The number of nitrogen functional groups attached to an aromatic ring is 1. The van der Waals surface area contributed by atoms with Gasteiger partial charge in [0.1, 0.15) is 23.4 Å². The summed E-state index contributed by atoms with van der Waals surface area (Å²) in [5, 5.41) is 8.76. The number of anilines is 1. The second-order valence-electron chi connectivity index (χ2n) is 5.14. The summed E-state index contributed by atoms with van der Waals surface area (Å²) in [5.74, 6) is 0.783. The Kier molecular flexibility index (Phi) is 3.73. The zero-order valence-electron chi connectivity index (χ0n) is 12.5. The van der Waals surface area contributed by atoms with E-state index in [0.29, 0.717) is 35.5 Å². The molecule has 0 aliphatic carbocycles. The number of aromatic nitrogens is 3. The maximum atomic E-state index is 12.1. The highest BCUT2D eigenvalue weighted by molar-refractivity contribution is 5.79. The van der Waals surface area contributed by atoms with Crippen LogP contribution in [-0.2, 0) is 6.54 Å². The first-order valence-corrected chi connectivity index (χ1v) is 7.06. The minimum Gasteiger partial charge on any atom is -0.492 e. The topological polar surface area (TPSA) is 110 Å². The molecular formula is C16H15N5O2. The van der Waals surface area contributed by atoms with Crippen LogP contribution in [0.25, 0.3) is 11.0 Å². The van der Waals surface area contributed by atoms with Crippen LogP contribution in [0.2, 0.25) is 0 Å². The number of hydrogen-bond donors (Lipinski definition) is 2. The number of nitrogens with one attached hydrogen (secondary N) is 1. The zero-order chi connectivity index (χ0) is 16.4. The number of benzene rings is 1. The highest BCUT2D eigenvalue weighted by Gasteiger charge is 2.11. The van der Waals surface area contributed by atoms with Crippen LogP contribution in [0.4, 0.5) is 5.95 Å². The number of fused-ring (bicyclic) bond motifs is 1. The Labute approximate surface area is 131 Å². The lowest BCUT2D eigenvalue weighted by Crippen LogP contribution is -2.16. The van der Waals surface area contributed by atoms with Gasteiger partial charge in [-0.05, 0) is 36.8 Å². The molecule has 0 amide bonds. The van der Waals surface area contributed by atoms with Crippen LogP contribution < -0.4 is 16.0 Å².